The zero-order chi connectivity index (χ0) is 19.2. The van der Waals surface area contributed by atoms with Gasteiger partial charge in [-0.2, -0.15) is 0 Å². The third kappa shape index (κ3) is 5.24. The van der Waals surface area contributed by atoms with Gasteiger partial charge in [-0.25, -0.2) is 0 Å². The molecule has 27 heavy (non-hydrogen) atoms. The van der Waals surface area contributed by atoms with Crippen LogP contribution in [0.2, 0.25) is 5.02 Å². The molecule has 0 fully saturated rings. The molecular formula is C19H19ClN4O2S. The highest BCUT2D eigenvalue weighted by Gasteiger charge is 2.19. The zero-order valence-electron chi connectivity index (χ0n) is 14.9. The lowest BCUT2D eigenvalue weighted by molar-refractivity contribution is -0.115. The Labute approximate surface area is 166 Å². The Balaban J connectivity index is 1.58. The predicted octanol–water partition coefficient (Wildman–Crippen LogP) is 4.17. The van der Waals surface area contributed by atoms with Crippen LogP contribution < -0.4 is 10.1 Å². The van der Waals surface area contributed by atoms with E-state index in [9.17, 15) is 4.79 Å². The molecule has 1 aromatic heterocycles. The van der Waals surface area contributed by atoms with Crippen LogP contribution >= 0.6 is 23.4 Å². The topological polar surface area (TPSA) is 69.0 Å². The number of ether oxygens (including phenoxy) is 1. The summed E-state index contributed by atoms with van der Waals surface area (Å²) in [6, 6.07) is 16.6. The summed E-state index contributed by atoms with van der Waals surface area (Å²) in [4.78, 5) is 12.4. The first-order chi connectivity index (χ1) is 13.0. The maximum Gasteiger partial charge on any atom is 0.237 e. The van der Waals surface area contributed by atoms with Crippen molar-refractivity contribution in [2.24, 2.45) is 7.05 Å². The van der Waals surface area contributed by atoms with Gasteiger partial charge in [0.15, 0.2) is 11.0 Å². The molecule has 0 bridgehead atoms. The number of rotatable bonds is 7. The average Bonchev–Trinajstić information content (AvgIpc) is 3.00. The summed E-state index contributed by atoms with van der Waals surface area (Å²) in [6.07, 6.45) is 0. The molecule has 0 spiro atoms. The fourth-order valence-electron chi connectivity index (χ4n) is 2.26. The van der Waals surface area contributed by atoms with E-state index in [1.807, 2.05) is 48.9 Å². The van der Waals surface area contributed by atoms with E-state index in [-0.39, 0.29) is 11.2 Å². The van der Waals surface area contributed by atoms with Crippen molar-refractivity contribution in [3.8, 4) is 5.75 Å². The van der Waals surface area contributed by atoms with Crippen molar-refractivity contribution in [1.82, 2.24) is 14.8 Å². The molecule has 0 aliphatic rings. The molecule has 8 heteroatoms. The Morgan fingerprint density at radius 3 is 2.74 bits per heavy atom. The lowest BCUT2D eigenvalue weighted by atomic mass is 10.3. The fraction of sp³-hybridized carbons (Fsp3) is 0.211. The number of anilines is 1. The lowest BCUT2D eigenvalue weighted by Crippen LogP contribution is -2.22. The van der Waals surface area contributed by atoms with E-state index >= 15 is 0 Å². The standard InChI is InChI=1S/C19H19ClN4O2S/c1-13(18(25)21-15-8-6-7-14(20)11-15)27-19-23-22-17(24(19)2)12-26-16-9-4-3-5-10-16/h3-11,13H,12H2,1-2H3,(H,21,25). The van der Waals surface area contributed by atoms with E-state index in [1.165, 1.54) is 11.8 Å². The van der Waals surface area contributed by atoms with Crippen molar-refractivity contribution in [3.63, 3.8) is 0 Å². The minimum absolute atomic E-state index is 0.132. The molecular weight excluding hydrogens is 384 g/mol. The van der Waals surface area contributed by atoms with E-state index < -0.39 is 0 Å². The summed E-state index contributed by atoms with van der Waals surface area (Å²) in [5.41, 5.74) is 0.662. The van der Waals surface area contributed by atoms with E-state index in [1.54, 1.807) is 24.3 Å². The lowest BCUT2D eigenvalue weighted by Gasteiger charge is -2.12. The maximum atomic E-state index is 12.4. The Morgan fingerprint density at radius 2 is 2.00 bits per heavy atom. The van der Waals surface area contributed by atoms with Crippen molar-refractivity contribution in [1.29, 1.82) is 0 Å². The molecule has 6 nitrogen and oxygen atoms in total. The molecule has 140 valence electrons. The molecule has 1 amide bonds. The van der Waals surface area contributed by atoms with Gasteiger partial charge in [0.05, 0.1) is 5.25 Å². The van der Waals surface area contributed by atoms with Crippen LogP contribution in [-0.2, 0) is 18.4 Å². The van der Waals surface area contributed by atoms with Crippen LogP contribution in [0.4, 0.5) is 5.69 Å². The second-order valence-corrected chi connectivity index (χ2v) is 7.56. The average molecular weight is 403 g/mol. The number of amides is 1. The van der Waals surface area contributed by atoms with Gasteiger partial charge in [-0.05, 0) is 37.3 Å². The van der Waals surface area contributed by atoms with Crippen molar-refractivity contribution >= 4 is 35.0 Å². The highest BCUT2D eigenvalue weighted by atomic mass is 35.5. The summed E-state index contributed by atoms with van der Waals surface area (Å²) in [5.74, 6) is 1.32. The summed E-state index contributed by atoms with van der Waals surface area (Å²) >= 11 is 7.28. The SMILES string of the molecule is CC(Sc1nnc(COc2ccccc2)n1C)C(=O)Nc1cccc(Cl)c1. The number of halogens is 1. The number of carbonyl (C=O) groups excluding carboxylic acids is 1. The number of nitrogens with zero attached hydrogens (tertiary/aromatic N) is 3. The Bertz CT molecular complexity index is 917. The first-order valence-corrected chi connectivity index (χ1v) is 9.58. The van der Waals surface area contributed by atoms with E-state index in [4.69, 9.17) is 16.3 Å². The van der Waals surface area contributed by atoms with Gasteiger partial charge in [0, 0.05) is 17.8 Å². The second kappa shape index (κ2) is 8.92. The molecule has 1 heterocycles. The van der Waals surface area contributed by atoms with E-state index in [0.717, 1.165) is 5.75 Å². The van der Waals surface area contributed by atoms with Crippen LogP contribution in [0.5, 0.6) is 5.75 Å². The van der Waals surface area contributed by atoms with Gasteiger partial charge in [0.1, 0.15) is 12.4 Å². The van der Waals surface area contributed by atoms with Crippen molar-refractivity contribution in [2.75, 3.05) is 5.32 Å². The number of carbonyl (C=O) groups is 1. The van der Waals surface area contributed by atoms with Gasteiger partial charge >= 0.3 is 0 Å². The molecule has 1 unspecified atom stereocenters. The second-order valence-electron chi connectivity index (χ2n) is 5.82. The number of benzene rings is 2. The highest BCUT2D eigenvalue weighted by molar-refractivity contribution is 8.00. The van der Waals surface area contributed by atoms with Crippen LogP contribution in [-0.4, -0.2) is 25.9 Å². The third-order valence-electron chi connectivity index (χ3n) is 3.78. The largest absolute Gasteiger partial charge is 0.486 e. The first-order valence-electron chi connectivity index (χ1n) is 8.32. The summed E-state index contributed by atoms with van der Waals surface area (Å²) < 4.78 is 7.53. The summed E-state index contributed by atoms with van der Waals surface area (Å²) in [5, 5.41) is 12.0. The molecule has 0 saturated carbocycles. The first kappa shape index (κ1) is 19.3. The van der Waals surface area contributed by atoms with Gasteiger partial charge < -0.3 is 14.6 Å². The van der Waals surface area contributed by atoms with Gasteiger partial charge in [-0.3, -0.25) is 4.79 Å². The molecule has 0 aliphatic heterocycles. The number of aromatic nitrogens is 3. The molecule has 1 atom stereocenters. The highest BCUT2D eigenvalue weighted by Crippen LogP contribution is 2.24. The predicted molar refractivity (Wildman–Crippen MR) is 107 cm³/mol. The third-order valence-corrected chi connectivity index (χ3v) is 5.15. The Hall–Kier alpha value is -2.51. The van der Waals surface area contributed by atoms with Crippen molar-refractivity contribution in [2.45, 2.75) is 23.9 Å². The maximum absolute atomic E-state index is 12.4. The fourth-order valence-corrected chi connectivity index (χ4v) is 3.28. The minimum Gasteiger partial charge on any atom is -0.486 e. The minimum atomic E-state index is -0.352. The smallest absolute Gasteiger partial charge is 0.237 e. The van der Waals surface area contributed by atoms with E-state index in [2.05, 4.69) is 15.5 Å². The van der Waals surface area contributed by atoms with Gasteiger partial charge in [-0.1, -0.05) is 47.6 Å². The monoisotopic (exact) mass is 402 g/mol. The van der Waals surface area contributed by atoms with Crippen molar-refractivity contribution < 1.29 is 9.53 Å². The summed E-state index contributed by atoms with van der Waals surface area (Å²) in [7, 11) is 1.85. The van der Waals surface area contributed by atoms with Crippen molar-refractivity contribution in [3.05, 3.63) is 65.4 Å². The van der Waals surface area contributed by atoms with Crippen LogP contribution in [0.3, 0.4) is 0 Å². The number of thioether (sulfide) groups is 1. The van der Waals surface area contributed by atoms with Crippen LogP contribution in [0, 0.1) is 0 Å². The van der Waals surface area contributed by atoms with Gasteiger partial charge in [0.25, 0.3) is 0 Å². The van der Waals surface area contributed by atoms with Gasteiger partial charge in [0.2, 0.25) is 5.91 Å². The molecule has 0 aliphatic carbocycles. The molecule has 2 aromatic carbocycles. The Kier molecular flexibility index (Phi) is 6.36. The van der Waals surface area contributed by atoms with E-state index in [0.29, 0.717) is 28.3 Å². The molecule has 1 N–H and O–H groups in total. The quantitative estimate of drug-likeness (QED) is 0.601. The Morgan fingerprint density at radius 1 is 1.22 bits per heavy atom. The normalized spacial score (nSPS) is 11.8. The van der Waals surface area contributed by atoms with Crippen LogP contribution in [0.1, 0.15) is 12.7 Å². The van der Waals surface area contributed by atoms with Crippen LogP contribution in [0.25, 0.3) is 0 Å². The molecule has 0 saturated heterocycles. The number of hydrogen-bond acceptors (Lipinski definition) is 5. The number of nitrogens with one attached hydrogen (secondary N) is 1. The molecule has 3 aromatic rings. The molecule has 0 radical (unpaired) electrons. The van der Waals surface area contributed by atoms with Crippen LogP contribution in [0.15, 0.2) is 59.8 Å². The van der Waals surface area contributed by atoms with Gasteiger partial charge in [-0.15, -0.1) is 10.2 Å². The number of hydrogen-bond donors (Lipinski definition) is 1. The summed E-state index contributed by atoms with van der Waals surface area (Å²) in [6.45, 7) is 2.12. The molecule has 3 rings (SSSR count). The zero-order valence-corrected chi connectivity index (χ0v) is 16.5. The number of para-hydroxylation sites is 1.